The number of carbonyl (C=O) groups is 1. The van der Waals surface area contributed by atoms with E-state index < -0.39 is 0 Å². The van der Waals surface area contributed by atoms with Crippen molar-refractivity contribution in [3.8, 4) is 0 Å². The van der Waals surface area contributed by atoms with Crippen LogP contribution in [0.15, 0.2) is 36.5 Å². The Morgan fingerprint density at radius 2 is 1.81 bits per heavy atom. The highest BCUT2D eigenvalue weighted by Gasteiger charge is 2.13. The molecule has 2 rings (SSSR count). The molecule has 0 saturated heterocycles. The third-order valence-corrected chi connectivity index (χ3v) is 4.34. The minimum atomic E-state index is -0.169. The molecule has 5 nitrogen and oxygen atoms in total. The van der Waals surface area contributed by atoms with Gasteiger partial charge in [0.25, 0.3) is 5.91 Å². The largest absolute Gasteiger partial charge is 0.385 e. The molecule has 1 aromatic heterocycles. The number of anilines is 2. The van der Waals surface area contributed by atoms with Crippen LogP contribution in [0, 0.1) is 0 Å². The lowest BCUT2D eigenvalue weighted by Gasteiger charge is -2.15. The van der Waals surface area contributed by atoms with Gasteiger partial charge in [0.1, 0.15) is 5.69 Å². The molecule has 26 heavy (non-hydrogen) atoms. The van der Waals surface area contributed by atoms with Crippen LogP contribution in [0.5, 0.6) is 0 Å². The summed E-state index contributed by atoms with van der Waals surface area (Å²) in [5, 5.41) is 6.43. The molecule has 0 atom stereocenters. The Labute approximate surface area is 156 Å². The van der Waals surface area contributed by atoms with Gasteiger partial charge in [-0.25, -0.2) is 0 Å². The summed E-state index contributed by atoms with van der Waals surface area (Å²) in [5.74, 6) is -0.169. The second-order valence-corrected chi connectivity index (χ2v) is 6.63. The zero-order valence-corrected chi connectivity index (χ0v) is 16.3. The number of rotatable bonds is 9. The van der Waals surface area contributed by atoms with Gasteiger partial charge in [0.15, 0.2) is 0 Å². The van der Waals surface area contributed by atoms with Gasteiger partial charge >= 0.3 is 0 Å². The van der Waals surface area contributed by atoms with E-state index in [1.54, 1.807) is 6.20 Å². The first-order valence-corrected chi connectivity index (χ1v) is 9.31. The maximum atomic E-state index is 12.7. The van der Waals surface area contributed by atoms with Gasteiger partial charge in [-0.05, 0) is 63.2 Å². The SMILES string of the molecule is CCc1cccc(CC)c1NC(=O)c1cc(NCCCN(C)C)ccn1. The number of aromatic nitrogens is 1. The predicted molar refractivity (Wildman–Crippen MR) is 109 cm³/mol. The van der Waals surface area contributed by atoms with E-state index in [2.05, 4.69) is 60.6 Å². The van der Waals surface area contributed by atoms with Crippen LogP contribution in [0.3, 0.4) is 0 Å². The van der Waals surface area contributed by atoms with Gasteiger partial charge in [-0.1, -0.05) is 32.0 Å². The average molecular weight is 354 g/mol. The molecule has 0 fully saturated rings. The summed E-state index contributed by atoms with van der Waals surface area (Å²) in [5.41, 5.74) is 4.57. The van der Waals surface area contributed by atoms with Crippen LogP contribution >= 0.6 is 0 Å². The van der Waals surface area contributed by atoms with Crippen LogP contribution in [0.2, 0.25) is 0 Å². The minimum absolute atomic E-state index is 0.169. The first kappa shape index (κ1) is 19.9. The number of nitrogens with one attached hydrogen (secondary N) is 2. The highest BCUT2D eigenvalue weighted by Crippen LogP contribution is 2.23. The van der Waals surface area contributed by atoms with E-state index in [1.165, 1.54) is 0 Å². The van der Waals surface area contributed by atoms with E-state index >= 15 is 0 Å². The zero-order valence-electron chi connectivity index (χ0n) is 16.3. The molecule has 5 heteroatoms. The summed E-state index contributed by atoms with van der Waals surface area (Å²) < 4.78 is 0. The van der Waals surface area contributed by atoms with Crippen LogP contribution in [-0.2, 0) is 12.8 Å². The van der Waals surface area contributed by atoms with E-state index in [0.29, 0.717) is 5.69 Å². The molecule has 0 bridgehead atoms. The van der Waals surface area contributed by atoms with Gasteiger partial charge in [-0.2, -0.15) is 0 Å². The van der Waals surface area contributed by atoms with Gasteiger partial charge in [0.2, 0.25) is 0 Å². The number of para-hydroxylation sites is 1. The topological polar surface area (TPSA) is 57.3 Å². The van der Waals surface area contributed by atoms with Crippen molar-refractivity contribution in [3.05, 3.63) is 53.3 Å². The molecule has 140 valence electrons. The molecule has 2 N–H and O–H groups in total. The van der Waals surface area contributed by atoms with Crippen LogP contribution in [-0.4, -0.2) is 43.0 Å². The molecule has 0 aliphatic carbocycles. The number of hydrogen-bond acceptors (Lipinski definition) is 4. The Morgan fingerprint density at radius 3 is 2.42 bits per heavy atom. The van der Waals surface area contributed by atoms with Crippen molar-refractivity contribution in [2.24, 2.45) is 0 Å². The summed E-state index contributed by atoms with van der Waals surface area (Å²) in [6, 6.07) is 9.87. The number of hydrogen-bond donors (Lipinski definition) is 2. The lowest BCUT2D eigenvalue weighted by Crippen LogP contribution is -2.18. The maximum Gasteiger partial charge on any atom is 0.274 e. The van der Waals surface area contributed by atoms with E-state index in [0.717, 1.165) is 54.9 Å². The lowest BCUT2D eigenvalue weighted by atomic mass is 10.0. The number of carbonyl (C=O) groups excluding carboxylic acids is 1. The summed E-state index contributed by atoms with van der Waals surface area (Å²) in [4.78, 5) is 19.1. The van der Waals surface area contributed by atoms with E-state index in [1.807, 2.05) is 18.2 Å². The maximum absolute atomic E-state index is 12.7. The highest BCUT2D eigenvalue weighted by atomic mass is 16.1. The molecular formula is C21H30N4O. The monoisotopic (exact) mass is 354 g/mol. The van der Waals surface area contributed by atoms with Gasteiger partial charge in [0.05, 0.1) is 0 Å². The summed E-state index contributed by atoms with van der Waals surface area (Å²) in [7, 11) is 4.13. The molecule has 2 aromatic rings. The van der Waals surface area contributed by atoms with E-state index in [4.69, 9.17) is 0 Å². The number of amides is 1. The lowest BCUT2D eigenvalue weighted by molar-refractivity contribution is 0.102. The van der Waals surface area contributed by atoms with Gasteiger partial charge in [-0.3, -0.25) is 9.78 Å². The Balaban J connectivity index is 2.07. The van der Waals surface area contributed by atoms with E-state index in [9.17, 15) is 4.79 Å². The first-order valence-electron chi connectivity index (χ1n) is 9.31. The standard InChI is InChI=1S/C21H30N4O/c1-5-16-9-7-10-17(6-2)20(16)24-21(26)19-15-18(11-13-23-19)22-12-8-14-25(3)4/h7,9-11,13,15H,5-6,8,12,14H2,1-4H3,(H,22,23)(H,24,26). The highest BCUT2D eigenvalue weighted by molar-refractivity contribution is 6.04. The predicted octanol–water partition coefficient (Wildman–Crippen LogP) is 3.82. The molecule has 1 aromatic carbocycles. The second-order valence-electron chi connectivity index (χ2n) is 6.63. The molecular weight excluding hydrogens is 324 g/mol. The number of aryl methyl sites for hydroxylation is 2. The fourth-order valence-electron chi connectivity index (χ4n) is 2.87. The summed E-state index contributed by atoms with van der Waals surface area (Å²) in [6.07, 6.45) is 4.48. The van der Waals surface area contributed by atoms with Crippen molar-refractivity contribution < 1.29 is 4.79 Å². The van der Waals surface area contributed by atoms with Crippen LogP contribution in [0.4, 0.5) is 11.4 Å². The van der Waals surface area contributed by atoms with Gasteiger partial charge < -0.3 is 15.5 Å². The Bertz CT molecular complexity index is 705. The van der Waals surface area contributed by atoms with Crippen LogP contribution in [0.1, 0.15) is 41.9 Å². The molecule has 0 aliphatic rings. The van der Waals surface area contributed by atoms with Gasteiger partial charge in [-0.15, -0.1) is 0 Å². The summed E-state index contributed by atoms with van der Waals surface area (Å²) in [6.45, 7) is 6.09. The molecule has 0 saturated carbocycles. The Hall–Kier alpha value is -2.40. The quantitative estimate of drug-likeness (QED) is 0.672. The van der Waals surface area contributed by atoms with Crippen molar-refractivity contribution in [3.63, 3.8) is 0 Å². The van der Waals surface area contributed by atoms with Crippen LogP contribution < -0.4 is 10.6 Å². The normalized spacial score (nSPS) is 10.8. The van der Waals surface area contributed by atoms with Crippen molar-refractivity contribution in [2.45, 2.75) is 33.1 Å². The van der Waals surface area contributed by atoms with E-state index in [-0.39, 0.29) is 5.91 Å². The molecule has 0 radical (unpaired) electrons. The fourth-order valence-corrected chi connectivity index (χ4v) is 2.87. The molecule has 0 unspecified atom stereocenters. The third kappa shape index (κ3) is 5.56. The average Bonchev–Trinajstić information content (AvgIpc) is 2.65. The Kier molecular flexibility index (Phi) is 7.60. The fraction of sp³-hybridized carbons (Fsp3) is 0.429. The second kappa shape index (κ2) is 9.92. The zero-order chi connectivity index (χ0) is 18.9. The Morgan fingerprint density at radius 1 is 1.12 bits per heavy atom. The van der Waals surface area contributed by atoms with Crippen molar-refractivity contribution >= 4 is 17.3 Å². The molecule has 1 amide bonds. The van der Waals surface area contributed by atoms with Gasteiger partial charge in [0, 0.05) is 24.1 Å². The third-order valence-electron chi connectivity index (χ3n) is 4.34. The summed E-state index contributed by atoms with van der Waals surface area (Å²) >= 11 is 0. The number of nitrogens with zero attached hydrogens (tertiary/aromatic N) is 2. The molecule has 0 aliphatic heterocycles. The van der Waals surface area contributed by atoms with Crippen LogP contribution in [0.25, 0.3) is 0 Å². The smallest absolute Gasteiger partial charge is 0.274 e. The number of pyridine rings is 1. The molecule has 0 spiro atoms. The van der Waals surface area contributed by atoms with Crippen molar-refractivity contribution in [2.75, 3.05) is 37.8 Å². The van der Waals surface area contributed by atoms with Crippen molar-refractivity contribution in [1.82, 2.24) is 9.88 Å². The first-order chi connectivity index (χ1) is 12.5. The van der Waals surface area contributed by atoms with Crippen molar-refractivity contribution in [1.29, 1.82) is 0 Å². The number of benzene rings is 1. The molecule has 1 heterocycles. The minimum Gasteiger partial charge on any atom is -0.385 e.